The largest absolute Gasteiger partial charge is 0.207 e. The maximum absolute atomic E-state index is 13.9. The van der Waals surface area contributed by atoms with Gasteiger partial charge in [0.15, 0.2) is 11.6 Å². The first-order chi connectivity index (χ1) is 9.04. The average Bonchev–Trinajstić information content (AvgIpc) is 2.42. The van der Waals surface area contributed by atoms with Crippen LogP contribution in [0.1, 0.15) is 62.5 Å². The Morgan fingerprint density at radius 3 is 2.26 bits per heavy atom. The van der Waals surface area contributed by atoms with Crippen LogP contribution in [-0.2, 0) is 0 Å². The molecule has 0 spiro atoms. The lowest BCUT2D eigenvalue weighted by molar-refractivity contribution is 0.302. The van der Waals surface area contributed by atoms with E-state index in [9.17, 15) is 13.2 Å². The lowest BCUT2D eigenvalue weighted by atomic mass is 9.77. The van der Waals surface area contributed by atoms with E-state index in [-0.39, 0.29) is 17.0 Å². The van der Waals surface area contributed by atoms with Crippen LogP contribution in [0.4, 0.5) is 13.2 Å². The molecular formula is C16H21F3. The molecule has 0 N–H and O–H groups in total. The van der Waals surface area contributed by atoms with Gasteiger partial charge in [-0.15, -0.1) is 0 Å². The highest BCUT2D eigenvalue weighted by Crippen LogP contribution is 2.39. The predicted octanol–water partition coefficient (Wildman–Crippen LogP) is 5.49. The molecule has 2 rings (SSSR count). The van der Waals surface area contributed by atoms with E-state index in [1.54, 1.807) is 0 Å². The standard InChI is InChI=1S/C16H21F3/c1-3-4-11-5-7-12(8-6-11)13-9-14(17)10(2)15(18)16(13)19/h9,11-12H,3-8H2,1-2H3. The molecule has 1 aromatic rings. The fourth-order valence-electron chi connectivity index (χ4n) is 3.17. The molecule has 0 saturated heterocycles. The first kappa shape index (κ1) is 14.4. The minimum absolute atomic E-state index is 0.0299. The molecule has 0 atom stereocenters. The van der Waals surface area contributed by atoms with E-state index in [0.717, 1.165) is 32.1 Å². The van der Waals surface area contributed by atoms with Crippen molar-refractivity contribution in [1.82, 2.24) is 0 Å². The Labute approximate surface area is 113 Å². The quantitative estimate of drug-likeness (QED) is 0.637. The summed E-state index contributed by atoms with van der Waals surface area (Å²) in [7, 11) is 0. The molecule has 1 saturated carbocycles. The number of hydrogen-bond acceptors (Lipinski definition) is 0. The van der Waals surface area contributed by atoms with Crippen molar-refractivity contribution in [2.24, 2.45) is 5.92 Å². The van der Waals surface area contributed by atoms with Crippen LogP contribution in [-0.4, -0.2) is 0 Å². The molecule has 19 heavy (non-hydrogen) atoms. The zero-order valence-corrected chi connectivity index (χ0v) is 11.6. The maximum Gasteiger partial charge on any atom is 0.164 e. The zero-order valence-electron chi connectivity index (χ0n) is 11.6. The summed E-state index contributed by atoms with van der Waals surface area (Å²) in [4.78, 5) is 0. The van der Waals surface area contributed by atoms with Gasteiger partial charge in [-0.1, -0.05) is 19.8 Å². The van der Waals surface area contributed by atoms with Crippen molar-refractivity contribution >= 4 is 0 Å². The van der Waals surface area contributed by atoms with E-state index in [1.807, 2.05) is 0 Å². The van der Waals surface area contributed by atoms with E-state index in [1.165, 1.54) is 19.4 Å². The summed E-state index contributed by atoms with van der Waals surface area (Å²) in [5.41, 5.74) is 0.0106. The van der Waals surface area contributed by atoms with E-state index in [2.05, 4.69) is 6.92 Å². The summed E-state index contributed by atoms with van der Waals surface area (Å²) in [6.07, 6.45) is 6.11. The minimum atomic E-state index is -1.02. The lowest BCUT2D eigenvalue weighted by Crippen LogP contribution is -2.15. The summed E-state index contributed by atoms with van der Waals surface area (Å²) in [5.74, 6) is -1.84. The van der Waals surface area contributed by atoms with Crippen molar-refractivity contribution in [2.45, 2.75) is 58.3 Å². The third-order valence-corrected chi connectivity index (χ3v) is 4.40. The SMILES string of the molecule is CCCC1CCC(c2cc(F)c(C)c(F)c2F)CC1. The second-order valence-electron chi connectivity index (χ2n) is 5.71. The molecular weight excluding hydrogens is 249 g/mol. The van der Waals surface area contributed by atoms with E-state index in [4.69, 9.17) is 0 Å². The highest BCUT2D eigenvalue weighted by Gasteiger charge is 2.26. The van der Waals surface area contributed by atoms with Gasteiger partial charge in [0.2, 0.25) is 0 Å². The normalized spacial score (nSPS) is 23.6. The van der Waals surface area contributed by atoms with Crippen molar-refractivity contribution < 1.29 is 13.2 Å². The molecule has 0 heterocycles. The fourth-order valence-corrected chi connectivity index (χ4v) is 3.17. The van der Waals surface area contributed by atoms with Gasteiger partial charge in [0.1, 0.15) is 5.82 Å². The van der Waals surface area contributed by atoms with E-state index >= 15 is 0 Å². The van der Waals surface area contributed by atoms with Gasteiger partial charge in [0, 0.05) is 5.56 Å². The van der Waals surface area contributed by atoms with Gasteiger partial charge in [-0.05, 0) is 56.1 Å². The topological polar surface area (TPSA) is 0 Å². The third kappa shape index (κ3) is 2.96. The second-order valence-corrected chi connectivity index (χ2v) is 5.71. The smallest absolute Gasteiger partial charge is 0.164 e. The Morgan fingerprint density at radius 2 is 1.68 bits per heavy atom. The Kier molecular flexibility index (Phi) is 4.54. The van der Waals surface area contributed by atoms with Crippen LogP contribution in [0, 0.1) is 30.3 Å². The third-order valence-electron chi connectivity index (χ3n) is 4.40. The molecule has 106 valence electrons. The maximum atomic E-state index is 13.9. The Bertz CT molecular complexity index is 446. The Balaban J connectivity index is 2.16. The first-order valence-electron chi connectivity index (χ1n) is 7.18. The highest BCUT2D eigenvalue weighted by molar-refractivity contribution is 5.30. The lowest BCUT2D eigenvalue weighted by Gasteiger charge is -2.29. The van der Waals surface area contributed by atoms with Crippen LogP contribution in [0.2, 0.25) is 0 Å². The van der Waals surface area contributed by atoms with E-state index in [0.29, 0.717) is 5.92 Å². The summed E-state index contributed by atoms with van der Waals surface area (Å²) in [6.45, 7) is 3.44. The summed E-state index contributed by atoms with van der Waals surface area (Å²) < 4.78 is 41.1. The molecule has 0 unspecified atom stereocenters. The van der Waals surface area contributed by atoms with Gasteiger partial charge in [-0.25, -0.2) is 13.2 Å². The number of benzene rings is 1. The molecule has 1 fully saturated rings. The summed E-state index contributed by atoms with van der Waals surface area (Å²) in [5, 5.41) is 0. The van der Waals surface area contributed by atoms with Gasteiger partial charge in [-0.3, -0.25) is 0 Å². The number of halogens is 3. The highest BCUT2D eigenvalue weighted by atomic mass is 19.2. The van der Waals surface area contributed by atoms with Crippen molar-refractivity contribution in [1.29, 1.82) is 0 Å². The molecule has 0 radical (unpaired) electrons. The van der Waals surface area contributed by atoms with Gasteiger partial charge < -0.3 is 0 Å². The van der Waals surface area contributed by atoms with Crippen molar-refractivity contribution in [3.05, 3.63) is 34.6 Å². The van der Waals surface area contributed by atoms with Crippen LogP contribution in [0.15, 0.2) is 6.07 Å². The van der Waals surface area contributed by atoms with Crippen LogP contribution < -0.4 is 0 Å². The second kappa shape index (κ2) is 5.98. The molecule has 3 heteroatoms. The van der Waals surface area contributed by atoms with Gasteiger partial charge in [0.05, 0.1) is 0 Å². The van der Waals surface area contributed by atoms with Crippen LogP contribution in [0.3, 0.4) is 0 Å². The minimum Gasteiger partial charge on any atom is -0.207 e. The molecule has 0 amide bonds. The van der Waals surface area contributed by atoms with Crippen LogP contribution in [0.25, 0.3) is 0 Å². The van der Waals surface area contributed by atoms with Crippen molar-refractivity contribution in [2.75, 3.05) is 0 Å². The summed E-state index contributed by atoms with van der Waals surface area (Å²) in [6, 6.07) is 1.19. The van der Waals surface area contributed by atoms with Gasteiger partial charge >= 0.3 is 0 Å². The van der Waals surface area contributed by atoms with Crippen molar-refractivity contribution in [3.8, 4) is 0 Å². The number of rotatable bonds is 3. The van der Waals surface area contributed by atoms with Crippen LogP contribution in [0.5, 0.6) is 0 Å². The molecule has 0 aliphatic heterocycles. The molecule has 0 aromatic heterocycles. The van der Waals surface area contributed by atoms with Gasteiger partial charge in [0.25, 0.3) is 0 Å². The fraction of sp³-hybridized carbons (Fsp3) is 0.625. The van der Waals surface area contributed by atoms with Gasteiger partial charge in [-0.2, -0.15) is 0 Å². The summed E-state index contributed by atoms with van der Waals surface area (Å²) >= 11 is 0. The first-order valence-corrected chi connectivity index (χ1v) is 7.18. The molecule has 0 bridgehead atoms. The zero-order chi connectivity index (χ0) is 14.0. The monoisotopic (exact) mass is 270 g/mol. The molecule has 1 aliphatic carbocycles. The average molecular weight is 270 g/mol. The molecule has 1 aromatic carbocycles. The molecule has 1 aliphatic rings. The Hall–Kier alpha value is -0.990. The molecule has 0 nitrogen and oxygen atoms in total. The Morgan fingerprint density at radius 1 is 1.05 bits per heavy atom. The van der Waals surface area contributed by atoms with E-state index < -0.39 is 17.5 Å². The number of hydrogen-bond donors (Lipinski definition) is 0. The van der Waals surface area contributed by atoms with Crippen LogP contribution >= 0.6 is 0 Å². The predicted molar refractivity (Wildman–Crippen MR) is 70.7 cm³/mol. The van der Waals surface area contributed by atoms with Crippen molar-refractivity contribution in [3.63, 3.8) is 0 Å².